The minimum absolute atomic E-state index is 0.0521. The third kappa shape index (κ3) is 5.31. The Kier molecular flexibility index (Phi) is 7.15. The van der Waals surface area contributed by atoms with Crippen molar-refractivity contribution in [3.05, 3.63) is 40.9 Å². The minimum atomic E-state index is -4.17. The predicted molar refractivity (Wildman–Crippen MR) is 115 cm³/mol. The fourth-order valence-corrected chi connectivity index (χ4v) is 6.06. The van der Waals surface area contributed by atoms with Crippen LogP contribution in [0.1, 0.15) is 18.5 Å². The highest BCUT2D eigenvalue weighted by Crippen LogP contribution is 2.27. The van der Waals surface area contributed by atoms with Crippen molar-refractivity contribution in [1.29, 1.82) is 0 Å². The van der Waals surface area contributed by atoms with E-state index in [1.165, 1.54) is 11.3 Å². The number of amides is 1. The number of ether oxygens (including phenoxy) is 1. The molecule has 174 valence electrons. The van der Waals surface area contributed by atoms with Crippen molar-refractivity contribution >= 4 is 32.4 Å². The molecule has 3 heterocycles. The van der Waals surface area contributed by atoms with Gasteiger partial charge in [0.05, 0.1) is 18.9 Å². The van der Waals surface area contributed by atoms with Crippen LogP contribution in [0.2, 0.25) is 0 Å². The zero-order valence-electron chi connectivity index (χ0n) is 17.3. The van der Waals surface area contributed by atoms with Crippen molar-refractivity contribution in [3.63, 3.8) is 0 Å². The first-order chi connectivity index (χ1) is 15.3. The van der Waals surface area contributed by atoms with E-state index in [9.17, 15) is 22.0 Å². The van der Waals surface area contributed by atoms with Gasteiger partial charge in [-0.15, -0.1) is 11.3 Å². The van der Waals surface area contributed by atoms with Gasteiger partial charge in [-0.05, 0) is 31.0 Å². The van der Waals surface area contributed by atoms with Crippen LogP contribution in [0, 0.1) is 17.6 Å². The molecule has 2 fully saturated rings. The summed E-state index contributed by atoms with van der Waals surface area (Å²) in [6.07, 6.45) is 0.571. The number of aromatic nitrogens is 1. The monoisotopic (exact) mass is 486 g/mol. The standard InChI is InChI=1S/C20H24F2N4O4S2/c21-15-1-2-17(22)18(11-15)32(28,29)26-5-3-14(4-6-26)19(27)24-20-23-16(13-31-20)12-25-7-9-30-10-8-25/h1-2,11,13-14H,3-10,12H2,(H,23,24,27). The lowest BCUT2D eigenvalue weighted by Gasteiger charge is -2.30. The summed E-state index contributed by atoms with van der Waals surface area (Å²) >= 11 is 1.35. The van der Waals surface area contributed by atoms with Crippen LogP contribution in [0.5, 0.6) is 0 Å². The maximum absolute atomic E-state index is 14.0. The Bertz CT molecular complexity index is 1070. The number of nitrogens with zero attached hydrogens (tertiary/aromatic N) is 3. The number of piperidine rings is 1. The average molecular weight is 487 g/mol. The van der Waals surface area contributed by atoms with Crippen LogP contribution in [-0.4, -0.2) is 67.9 Å². The van der Waals surface area contributed by atoms with E-state index in [2.05, 4.69) is 15.2 Å². The van der Waals surface area contributed by atoms with Gasteiger partial charge in [-0.2, -0.15) is 4.31 Å². The molecular formula is C20H24F2N4O4S2. The van der Waals surface area contributed by atoms with Crippen molar-refractivity contribution < 1.29 is 26.7 Å². The molecule has 4 rings (SSSR count). The maximum Gasteiger partial charge on any atom is 0.246 e. The van der Waals surface area contributed by atoms with E-state index in [-0.39, 0.29) is 37.8 Å². The Balaban J connectivity index is 1.31. The van der Waals surface area contributed by atoms with Crippen LogP contribution in [0.15, 0.2) is 28.5 Å². The summed E-state index contributed by atoms with van der Waals surface area (Å²) in [5, 5.41) is 5.24. The van der Waals surface area contributed by atoms with E-state index in [0.717, 1.165) is 35.2 Å². The number of hydrogen-bond acceptors (Lipinski definition) is 7. The van der Waals surface area contributed by atoms with Gasteiger partial charge in [0.2, 0.25) is 15.9 Å². The number of carbonyl (C=O) groups is 1. The molecular weight excluding hydrogens is 462 g/mol. The Morgan fingerprint density at radius 2 is 1.91 bits per heavy atom. The van der Waals surface area contributed by atoms with Gasteiger partial charge in [0.25, 0.3) is 0 Å². The van der Waals surface area contributed by atoms with E-state index in [1.807, 2.05) is 5.38 Å². The highest BCUT2D eigenvalue weighted by molar-refractivity contribution is 7.89. The first kappa shape index (κ1) is 23.2. The molecule has 8 nitrogen and oxygen atoms in total. The molecule has 0 unspecified atom stereocenters. The number of carbonyl (C=O) groups excluding carboxylic acids is 1. The smallest absolute Gasteiger partial charge is 0.246 e. The normalized spacial score (nSPS) is 19.2. The zero-order valence-corrected chi connectivity index (χ0v) is 18.9. The number of nitrogens with one attached hydrogen (secondary N) is 1. The summed E-state index contributed by atoms with van der Waals surface area (Å²) in [5.74, 6) is -2.42. The molecule has 0 radical (unpaired) electrons. The first-order valence-corrected chi connectivity index (χ1v) is 12.7. The summed E-state index contributed by atoms with van der Waals surface area (Å²) in [7, 11) is -4.17. The molecule has 2 aliphatic rings. The molecule has 0 saturated carbocycles. The number of hydrogen-bond donors (Lipinski definition) is 1. The Morgan fingerprint density at radius 3 is 2.62 bits per heavy atom. The number of sulfonamides is 1. The maximum atomic E-state index is 14.0. The molecule has 0 aliphatic carbocycles. The Hall–Kier alpha value is -1.99. The molecule has 0 spiro atoms. The van der Waals surface area contributed by atoms with Crippen LogP contribution in [-0.2, 0) is 26.1 Å². The molecule has 32 heavy (non-hydrogen) atoms. The lowest BCUT2D eigenvalue weighted by Crippen LogP contribution is -2.41. The highest BCUT2D eigenvalue weighted by Gasteiger charge is 2.34. The number of benzene rings is 1. The lowest BCUT2D eigenvalue weighted by atomic mass is 9.97. The molecule has 2 saturated heterocycles. The molecule has 1 aromatic heterocycles. The van der Waals surface area contributed by atoms with E-state index in [0.29, 0.717) is 31.0 Å². The third-order valence-electron chi connectivity index (χ3n) is 5.61. The second-order valence-corrected chi connectivity index (χ2v) is 10.5. The number of morpholine rings is 1. The van der Waals surface area contributed by atoms with Gasteiger partial charge in [-0.3, -0.25) is 9.69 Å². The van der Waals surface area contributed by atoms with Crippen LogP contribution in [0.3, 0.4) is 0 Å². The lowest BCUT2D eigenvalue weighted by molar-refractivity contribution is -0.120. The van der Waals surface area contributed by atoms with E-state index in [4.69, 9.17) is 4.74 Å². The topological polar surface area (TPSA) is 91.8 Å². The predicted octanol–water partition coefficient (Wildman–Crippen LogP) is 2.29. The van der Waals surface area contributed by atoms with Crippen molar-refractivity contribution in [2.75, 3.05) is 44.7 Å². The first-order valence-electron chi connectivity index (χ1n) is 10.3. The van der Waals surface area contributed by atoms with Gasteiger partial charge in [0.15, 0.2) is 5.13 Å². The minimum Gasteiger partial charge on any atom is -0.379 e. The molecule has 1 amide bonds. The quantitative estimate of drug-likeness (QED) is 0.674. The molecule has 0 atom stereocenters. The summed E-state index contributed by atoms with van der Waals surface area (Å²) in [6, 6.07) is 2.35. The molecule has 1 N–H and O–H groups in total. The van der Waals surface area contributed by atoms with Crippen LogP contribution < -0.4 is 5.32 Å². The highest BCUT2D eigenvalue weighted by atomic mass is 32.2. The average Bonchev–Trinajstić information content (AvgIpc) is 3.22. The molecule has 2 aliphatic heterocycles. The van der Waals surface area contributed by atoms with E-state index < -0.39 is 26.6 Å². The molecule has 0 bridgehead atoms. The fourth-order valence-electron chi connectivity index (χ4n) is 3.81. The fraction of sp³-hybridized carbons (Fsp3) is 0.500. The molecule has 2 aromatic rings. The van der Waals surface area contributed by atoms with Gasteiger partial charge in [-0.25, -0.2) is 22.2 Å². The second kappa shape index (κ2) is 9.87. The van der Waals surface area contributed by atoms with Crippen LogP contribution in [0.25, 0.3) is 0 Å². The van der Waals surface area contributed by atoms with Gasteiger partial charge in [-0.1, -0.05) is 0 Å². The molecule has 12 heteroatoms. The van der Waals surface area contributed by atoms with Crippen molar-refractivity contribution in [2.24, 2.45) is 5.92 Å². The van der Waals surface area contributed by atoms with Crippen molar-refractivity contribution in [3.8, 4) is 0 Å². The van der Waals surface area contributed by atoms with Gasteiger partial charge < -0.3 is 10.1 Å². The zero-order chi connectivity index (χ0) is 22.7. The summed E-state index contributed by atoms with van der Waals surface area (Å²) in [5.41, 5.74) is 0.880. The number of anilines is 1. The number of halogens is 2. The summed E-state index contributed by atoms with van der Waals surface area (Å²) in [4.78, 5) is 18.7. The van der Waals surface area contributed by atoms with E-state index >= 15 is 0 Å². The largest absolute Gasteiger partial charge is 0.379 e. The Labute approximate surface area is 189 Å². The van der Waals surface area contributed by atoms with Gasteiger partial charge >= 0.3 is 0 Å². The number of rotatable bonds is 6. The second-order valence-electron chi connectivity index (χ2n) is 7.77. The number of thiazole rings is 1. The van der Waals surface area contributed by atoms with Crippen LogP contribution in [0.4, 0.5) is 13.9 Å². The van der Waals surface area contributed by atoms with E-state index in [1.54, 1.807) is 0 Å². The van der Waals surface area contributed by atoms with Gasteiger partial charge in [0.1, 0.15) is 16.5 Å². The van der Waals surface area contributed by atoms with Crippen molar-refractivity contribution in [2.45, 2.75) is 24.3 Å². The van der Waals surface area contributed by atoms with Gasteiger partial charge in [0, 0.05) is 44.0 Å². The third-order valence-corrected chi connectivity index (χ3v) is 8.33. The SMILES string of the molecule is O=C(Nc1nc(CN2CCOCC2)cs1)C1CCN(S(=O)(=O)c2cc(F)ccc2F)CC1. The van der Waals surface area contributed by atoms with Crippen molar-refractivity contribution in [1.82, 2.24) is 14.2 Å². The summed E-state index contributed by atoms with van der Waals surface area (Å²) in [6.45, 7) is 3.90. The molecule has 1 aromatic carbocycles. The van der Waals surface area contributed by atoms with Crippen LogP contribution >= 0.6 is 11.3 Å². The Morgan fingerprint density at radius 1 is 1.19 bits per heavy atom. The summed E-state index contributed by atoms with van der Waals surface area (Å²) < 4.78 is 59.2.